The van der Waals surface area contributed by atoms with E-state index in [0.29, 0.717) is 18.4 Å². The first-order valence-electron chi connectivity index (χ1n) is 6.21. The van der Waals surface area contributed by atoms with Crippen LogP contribution in [0.25, 0.3) is 0 Å². The third kappa shape index (κ3) is 4.37. The van der Waals surface area contributed by atoms with E-state index in [2.05, 4.69) is 5.32 Å². The van der Waals surface area contributed by atoms with E-state index in [1.807, 2.05) is 13.0 Å². The van der Waals surface area contributed by atoms with Gasteiger partial charge in [0.15, 0.2) is 6.10 Å². The summed E-state index contributed by atoms with van der Waals surface area (Å²) in [4.78, 5) is 23.1. The van der Waals surface area contributed by atoms with Gasteiger partial charge < -0.3 is 15.2 Å². The lowest BCUT2D eigenvalue weighted by molar-refractivity contribution is -0.144. The molecule has 1 unspecified atom stereocenters. The summed E-state index contributed by atoms with van der Waals surface area (Å²) in [5.41, 5.74) is 0.697. The summed E-state index contributed by atoms with van der Waals surface area (Å²) >= 11 is 0. The predicted octanol–water partition coefficient (Wildman–Crippen LogP) is 1.74. The number of carboxylic acids is 1. The summed E-state index contributed by atoms with van der Waals surface area (Å²) in [7, 11) is 1.42. The van der Waals surface area contributed by atoms with E-state index in [9.17, 15) is 9.59 Å². The molecule has 0 radical (unpaired) electrons. The fourth-order valence-corrected chi connectivity index (χ4v) is 1.82. The zero-order valence-corrected chi connectivity index (χ0v) is 11.1. The number of carbonyl (C=O) groups excluding carboxylic acids is 1. The Morgan fingerprint density at radius 2 is 1.95 bits per heavy atom. The summed E-state index contributed by atoms with van der Waals surface area (Å²) in [5, 5.41) is 11.5. The first-order chi connectivity index (χ1) is 9.10. The van der Waals surface area contributed by atoms with Crippen molar-refractivity contribution in [2.45, 2.75) is 31.9 Å². The fourth-order valence-electron chi connectivity index (χ4n) is 1.82. The number of hydrogen-bond donors (Lipinski definition) is 2. The van der Waals surface area contributed by atoms with E-state index in [0.717, 1.165) is 0 Å². The van der Waals surface area contributed by atoms with Gasteiger partial charge in [0, 0.05) is 7.11 Å². The minimum atomic E-state index is -1.03. The molecule has 1 amide bonds. The number of methoxy groups -OCH3 is 1. The summed E-state index contributed by atoms with van der Waals surface area (Å²) in [6, 6.07) is 8.10. The molecule has 0 saturated carbocycles. The van der Waals surface area contributed by atoms with Gasteiger partial charge in [-0.1, -0.05) is 43.7 Å². The maximum atomic E-state index is 12.1. The van der Waals surface area contributed by atoms with Crippen LogP contribution in [-0.2, 0) is 14.3 Å². The monoisotopic (exact) mass is 265 g/mol. The van der Waals surface area contributed by atoms with Gasteiger partial charge in [0.05, 0.1) is 0 Å². The van der Waals surface area contributed by atoms with Crippen molar-refractivity contribution >= 4 is 11.9 Å². The van der Waals surface area contributed by atoms with Crippen LogP contribution in [0.3, 0.4) is 0 Å². The van der Waals surface area contributed by atoms with E-state index in [1.165, 1.54) is 7.11 Å². The molecule has 0 spiro atoms. The lowest BCUT2D eigenvalue weighted by atomic mass is 10.1. The van der Waals surface area contributed by atoms with Gasteiger partial charge in [-0.15, -0.1) is 0 Å². The van der Waals surface area contributed by atoms with Crippen LogP contribution < -0.4 is 5.32 Å². The third-order valence-corrected chi connectivity index (χ3v) is 2.77. The second-order valence-electron chi connectivity index (χ2n) is 4.21. The third-order valence-electron chi connectivity index (χ3n) is 2.77. The highest BCUT2D eigenvalue weighted by Gasteiger charge is 2.25. The molecule has 0 saturated heterocycles. The van der Waals surface area contributed by atoms with Crippen molar-refractivity contribution in [3.8, 4) is 0 Å². The van der Waals surface area contributed by atoms with Crippen molar-refractivity contribution < 1.29 is 19.4 Å². The highest BCUT2D eigenvalue weighted by Crippen LogP contribution is 2.16. The molecule has 0 fully saturated rings. The number of hydrogen-bond acceptors (Lipinski definition) is 3. The molecule has 0 heterocycles. The number of carboxylic acid groups (broad SMARTS) is 1. The Kier molecular flexibility index (Phi) is 6.02. The van der Waals surface area contributed by atoms with Gasteiger partial charge in [-0.2, -0.15) is 0 Å². The van der Waals surface area contributed by atoms with Crippen LogP contribution in [0.5, 0.6) is 0 Å². The second-order valence-corrected chi connectivity index (χ2v) is 4.21. The molecule has 0 bridgehead atoms. The number of amides is 1. The van der Waals surface area contributed by atoms with Gasteiger partial charge in [-0.05, 0) is 12.0 Å². The molecule has 0 aliphatic heterocycles. The predicted molar refractivity (Wildman–Crippen MR) is 70.7 cm³/mol. The van der Waals surface area contributed by atoms with Gasteiger partial charge in [0.25, 0.3) is 5.91 Å². The summed E-state index contributed by atoms with van der Waals surface area (Å²) in [5.74, 6) is -1.47. The maximum absolute atomic E-state index is 12.1. The highest BCUT2D eigenvalue weighted by atomic mass is 16.5. The van der Waals surface area contributed by atoms with Crippen molar-refractivity contribution in [3.05, 3.63) is 35.9 Å². The van der Waals surface area contributed by atoms with Crippen LogP contribution in [0, 0.1) is 0 Å². The summed E-state index contributed by atoms with van der Waals surface area (Å²) < 4.78 is 5.15. The number of benzene rings is 1. The Morgan fingerprint density at radius 1 is 1.32 bits per heavy atom. The minimum Gasteiger partial charge on any atom is -0.480 e. The van der Waals surface area contributed by atoms with Crippen LogP contribution in [0.1, 0.15) is 31.4 Å². The van der Waals surface area contributed by atoms with Gasteiger partial charge in [0.1, 0.15) is 6.04 Å². The fraction of sp³-hybridized carbons (Fsp3) is 0.429. The number of ether oxygens (including phenoxy) is 1. The van der Waals surface area contributed by atoms with Crippen molar-refractivity contribution in [2.24, 2.45) is 0 Å². The lowest BCUT2D eigenvalue weighted by Crippen LogP contribution is -2.43. The molecule has 0 aliphatic rings. The second kappa shape index (κ2) is 7.53. The van der Waals surface area contributed by atoms with Crippen molar-refractivity contribution in [1.82, 2.24) is 5.32 Å². The molecule has 1 rings (SSSR count). The molecule has 2 N–H and O–H groups in total. The van der Waals surface area contributed by atoms with Crippen LogP contribution in [0.4, 0.5) is 0 Å². The maximum Gasteiger partial charge on any atom is 0.326 e. The van der Waals surface area contributed by atoms with Crippen molar-refractivity contribution in [3.63, 3.8) is 0 Å². The molecule has 19 heavy (non-hydrogen) atoms. The SMILES string of the molecule is CCC[C@H](NC(=O)C(OC)c1ccccc1)C(=O)O. The minimum absolute atomic E-state index is 0.395. The van der Waals surface area contributed by atoms with Crippen molar-refractivity contribution in [1.29, 1.82) is 0 Å². The van der Waals surface area contributed by atoms with E-state index in [4.69, 9.17) is 9.84 Å². The average Bonchev–Trinajstić information content (AvgIpc) is 2.40. The largest absolute Gasteiger partial charge is 0.480 e. The molecule has 5 nitrogen and oxygen atoms in total. The molecular formula is C14H19NO4. The Labute approximate surface area is 112 Å². The first kappa shape index (κ1) is 15.2. The number of nitrogens with one attached hydrogen (secondary N) is 1. The molecule has 0 aromatic heterocycles. The smallest absolute Gasteiger partial charge is 0.326 e. The molecule has 0 aliphatic carbocycles. The normalized spacial score (nSPS) is 13.6. The first-order valence-corrected chi connectivity index (χ1v) is 6.21. The Morgan fingerprint density at radius 3 is 2.42 bits per heavy atom. The number of rotatable bonds is 7. The van der Waals surface area contributed by atoms with Gasteiger partial charge in [-0.3, -0.25) is 4.79 Å². The van der Waals surface area contributed by atoms with Crippen molar-refractivity contribution in [2.75, 3.05) is 7.11 Å². The van der Waals surface area contributed by atoms with E-state index in [1.54, 1.807) is 24.3 Å². The lowest BCUT2D eigenvalue weighted by Gasteiger charge is -2.19. The van der Waals surface area contributed by atoms with Crippen LogP contribution in [-0.4, -0.2) is 30.1 Å². The molecule has 104 valence electrons. The Balaban J connectivity index is 2.76. The number of aliphatic carboxylic acids is 1. The molecule has 5 heteroatoms. The standard InChI is InChI=1S/C14H19NO4/c1-3-7-11(14(17)18)15-13(16)12(19-2)10-8-5-4-6-9-10/h4-6,8-9,11-12H,3,7H2,1-2H3,(H,15,16)(H,17,18)/t11-,12?/m0/s1. The van der Waals surface area contributed by atoms with Gasteiger partial charge in [0.2, 0.25) is 0 Å². The summed E-state index contributed by atoms with van der Waals surface area (Å²) in [6.07, 6.45) is 0.284. The topological polar surface area (TPSA) is 75.6 Å². The molecule has 1 aromatic carbocycles. The zero-order chi connectivity index (χ0) is 14.3. The van der Waals surface area contributed by atoms with E-state index < -0.39 is 24.0 Å². The van der Waals surface area contributed by atoms with Gasteiger partial charge >= 0.3 is 5.97 Å². The molecular weight excluding hydrogens is 246 g/mol. The van der Waals surface area contributed by atoms with Crippen LogP contribution >= 0.6 is 0 Å². The van der Waals surface area contributed by atoms with Crippen LogP contribution in [0.2, 0.25) is 0 Å². The molecule has 2 atom stereocenters. The zero-order valence-electron chi connectivity index (χ0n) is 11.1. The highest BCUT2D eigenvalue weighted by molar-refractivity contribution is 5.87. The quantitative estimate of drug-likeness (QED) is 0.787. The Hall–Kier alpha value is -1.88. The summed E-state index contributed by atoms with van der Waals surface area (Å²) in [6.45, 7) is 1.87. The van der Waals surface area contributed by atoms with E-state index >= 15 is 0 Å². The van der Waals surface area contributed by atoms with E-state index in [-0.39, 0.29) is 0 Å². The number of carbonyl (C=O) groups is 2. The van der Waals surface area contributed by atoms with Crippen LogP contribution in [0.15, 0.2) is 30.3 Å². The molecule has 1 aromatic rings. The Bertz CT molecular complexity index is 419. The average molecular weight is 265 g/mol. The van der Waals surface area contributed by atoms with Gasteiger partial charge in [-0.25, -0.2) is 4.79 Å².